The number of aliphatic hydroxyl groups excluding tert-OH is 1. The Morgan fingerprint density at radius 3 is 2.17 bits per heavy atom. The number of nitrogens with zero attached hydrogens (tertiary/aromatic N) is 2. The highest BCUT2D eigenvalue weighted by Crippen LogP contribution is 2.48. The molecule has 1 saturated heterocycles. The molecule has 2 heterocycles. The van der Waals surface area contributed by atoms with Crippen molar-refractivity contribution in [3.05, 3.63) is 99.1 Å². The van der Waals surface area contributed by atoms with Crippen LogP contribution in [-0.4, -0.2) is 56.2 Å². The number of carbonyl (C=O) groups excluding carboxylic acids is 3. The summed E-state index contributed by atoms with van der Waals surface area (Å²) < 4.78 is 27.3. The van der Waals surface area contributed by atoms with Gasteiger partial charge < -0.3 is 28.8 Å². The standard InChI is InChI=1S/C34H32N2O9S/c1-18-9-7-8-10-21(18)17-45-23-13-11-20(12-14-23)28(37)26-27(22-15-24(41-3)30(43-5)25(16-22)42-4)36(32(39)29(26)38)34-35-19(2)31(46-34)33(40)44-6/h7-16,27,37H,17H2,1-6H3/b28-26+. The second-order valence-electron chi connectivity index (χ2n) is 10.3. The van der Waals surface area contributed by atoms with Crippen molar-refractivity contribution in [1.82, 2.24) is 4.98 Å². The molecule has 1 N–H and O–H groups in total. The monoisotopic (exact) mass is 644 g/mol. The minimum atomic E-state index is -1.18. The molecule has 1 aromatic heterocycles. The van der Waals surface area contributed by atoms with Gasteiger partial charge in [0.2, 0.25) is 5.75 Å². The topological polar surface area (TPSA) is 134 Å². The van der Waals surface area contributed by atoms with Gasteiger partial charge >= 0.3 is 11.9 Å². The number of ketones is 1. The zero-order valence-electron chi connectivity index (χ0n) is 26.1. The maximum atomic E-state index is 13.7. The first-order valence-electron chi connectivity index (χ1n) is 14.1. The molecule has 0 spiro atoms. The smallest absolute Gasteiger partial charge is 0.350 e. The second-order valence-corrected chi connectivity index (χ2v) is 11.2. The number of rotatable bonds is 10. The number of aromatic nitrogens is 1. The number of benzene rings is 3. The van der Waals surface area contributed by atoms with Crippen molar-refractivity contribution in [3.63, 3.8) is 0 Å². The summed E-state index contributed by atoms with van der Waals surface area (Å²) in [6.07, 6.45) is 0. The van der Waals surface area contributed by atoms with Gasteiger partial charge in [-0.15, -0.1) is 0 Å². The van der Waals surface area contributed by atoms with E-state index in [1.807, 2.05) is 31.2 Å². The first kappa shape index (κ1) is 32.0. The van der Waals surface area contributed by atoms with Crippen LogP contribution in [0.3, 0.4) is 0 Å². The Morgan fingerprint density at radius 1 is 0.935 bits per heavy atom. The van der Waals surface area contributed by atoms with Crippen LogP contribution >= 0.6 is 11.3 Å². The molecule has 11 nitrogen and oxygen atoms in total. The molecule has 1 fully saturated rings. The number of aliphatic hydroxyl groups is 1. The number of Topliss-reactive ketones (excluding diaryl/α,β-unsaturated/α-hetero) is 1. The molecule has 1 unspecified atom stereocenters. The molecule has 0 radical (unpaired) electrons. The Morgan fingerprint density at radius 2 is 1.59 bits per heavy atom. The molecule has 0 aliphatic carbocycles. The summed E-state index contributed by atoms with van der Waals surface area (Å²) in [7, 11) is 5.57. The van der Waals surface area contributed by atoms with Gasteiger partial charge in [-0.2, -0.15) is 0 Å². The zero-order chi connectivity index (χ0) is 33.1. The van der Waals surface area contributed by atoms with Crippen LogP contribution in [-0.2, 0) is 20.9 Å². The Kier molecular flexibility index (Phi) is 9.28. The maximum Gasteiger partial charge on any atom is 0.350 e. The fourth-order valence-electron chi connectivity index (χ4n) is 5.17. The maximum absolute atomic E-state index is 13.7. The van der Waals surface area contributed by atoms with Gasteiger partial charge in [-0.1, -0.05) is 35.6 Å². The minimum Gasteiger partial charge on any atom is -0.507 e. The minimum absolute atomic E-state index is 0.0674. The van der Waals surface area contributed by atoms with Crippen molar-refractivity contribution in [2.24, 2.45) is 0 Å². The van der Waals surface area contributed by atoms with Crippen molar-refractivity contribution in [3.8, 4) is 23.0 Å². The third kappa shape index (κ3) is 5.86. The number of hydrogen-bond acceptors (Lipinski definition) is 11. The molecule has 0 bridgehead atoms. The lowest BCUT2D eigenvalue weighted by Crippen LogP contribution is -2.29. The normalized spacial score (nSPS) is 15.5. The molecule has 238 valence electrons. The van der Waals surface area contributed by atoms with E-state index in [1.165, 1.54) is 28.4 Å². The van der Waals surface area contributed by atoms with E-state index in [1.54, 1.807) is 43.3 Å². The summed E-state index contributed by atoms with van der Waals surface area (Å²) in [6, 6.07) is 16.4. The van der Waals surface area contributed by atoms with Crippen molar-refractivity contribution in [1.29, 1.82) is 0 Å². The number of hydrogen-bond donors (Lipinski definition) is 1. The first-order chi connectivity index (χ1) is 22.1. The molecule has 3 aromatic carbocycles. The highest BCUT2D eigenvalue weighted by Gasteiger charge is 2.49. The van der Waals surface area contributed by atoms with Crippen LogP contribution < -0.4 is 23.8 Å². The quantitative estimate of drug-likeness (QED) is 0.0981. The largest absolute Gasteiger partial charge is 0.507 e. The Hall–Kier alpha value is -5.36. The van der Waals surface area contributed by atoms with Gasteiger partial charge in [0.05, 0.1) is 45.7 Å². The number of thiazole rings is 1. The summed E-state index contributed by atoms with van der Waals surface area (Å²) in [4.78, 5) is 45.6. The van der Waals surface area contributed by atoms with Crippen molar-refractivity contribution in [2.75, 3.05) is 33.3 Å². The zero-order valence-corrected chi connectivity index (χ0v) is 26.9. The van der Waals surface area contributed by atoms with E-state index in [4.69, 9.17) is 23.7 Å². The first-order valence-corrected chi connectivity index (χ1v) is 14.9. The number of esters is 1. The van der Waals surface area contributed by atoms with Crippen LogP contribution in [0.1, 0.15) is 43.7 Å². The molecule has 12 heteroatoms. The van der Waals surface area contributed by atoms with Gasteiger partial charge in [-0.05, 0) is 66.9 Å². The van der Waals surface area contributed by atoms with Gasteiger partial charge in [0.15, 0.2) is 16.6 Å². The number of anilines is 1. The number of methoxy groups -OCH3 is 4. The number of ether oxygens (including phenoxy) is 5. The predicted molar refractivity (Wildman–Crippen MR) is 171 cm³/mol. The van der Waals surface area contributed by atoms with Gasteiger partial charge in [-0.3, -0.25) is 14.5 Å². The molecule has 1 aliphatic rings. The summed E-state index contributed by atoms with van der Waals surface area (Å²) in [5, 5.41) is 11.7. The lowest BCUT2D eigenvalue weighted by Gasteiger charge is -2.24. The number of carbonyl (C=O) groups is 3. The Balaban J connectivity index is 1.62. The van der Waals surface area contributed by atoms with Gasteiger partial charge in [0.1, 0.15) is 23.0 Å². The average Bonchev–Trinajstić information content (AvgIpc) is 3.58. The molecule has 1 aliphatic heterocycles. The van der Waals surface area contributed by atoms with E-state index in [0.717, 1.165) is 27.4 Å². The van der Waals surface area contributed by atoms with Crippen molar-refractivity contribution >= 4 is 39.9 Å². The Labute approximate surface area is 269 Å². The second kappa shape index (κ2) is 13.3. The third-order valence-corrected chi connectivity index (χ3v) is 8.73. The van der Waals surface area contributed by atoms with Crippen molar-refractivity contribution in [2.45, 2.75) is 26.5 Å². The molecule has 46 heavy (non-hydrogen) atoms. The van der Waals surface area contributed by atoms with Crippen LogP contribution in [0.4, 0.5) is 5.13 Å². The summed E-state index contributed by atoms with van der Waals surface area (Å²) in [6.45, 7) is 3.95. The van der Waals surface area contributed by atoms with Crippen molar-refractivity contribution < 1.29 is 43.2 Å². The van der Waals surface area contributed by atoms with E-state index in [-0.39, 0.29) is 32.6 Å². The predicted octanol–water partition coefficient (Wildman–Crippen LogP) is 5.78. The SMILES string of the molecule is COC(=O)c1sc(N2C(=O)C(=O)/C(=C(/O)c3ccc(OCc4ccccc4C)cc3)C2c2cc(OC)c(OC)c(OC)c2)nc1C. The van der Waals surface area contributed by atoms with Crippen LogP contribution in [0.15, 0.2) is 66.2 Å². The number of aryl methyl sites for hydroxylation is 2. The summed E-state index contributed by atoms with van der Waals surface area (Å²) in [5.41, 5.74) is 2.90. The lowest BCUT2D eigenvalue weighted by molar-refractivity contribution is -0.132. The third-order valence-electron chi connectivity index (χ3n) is 7.59. The molecule has 5 rings (SSSR count). The van der Waals surface area contributed by atoms with E-state index in [0.29, 0.717) is 29.4 Å². The van der Waals surface area contributed by atoms with Gasteiger partial charge in [0.25, 0.3) is 5.78 Å². The fraction of sp³-hybridized carbons (Fsp3) is 0.235. The highest BCUT2D eigenvalue weighted by atomic mass is 32.1. The average molecular weight is 645 g/mol. The molecular weight excluding hydrogens is 612 g/mol. The molecule has 4 aromatic rings. The lowest BCUT2D eigenvalue weighted by atomic mass is 9.94. The fourth-order valence-corrected chi connectivity index (χ4v) is 6.18. The molecule has 1 amide bonds. The van der Waals surface area contributed by atoms with Crippen LogP contribution in [0.5, 0.6) is 23.0 Å². The van der Waals surface area contributed by atoms with Crippen LogP contribution in [0.25, 0.3) is 5.76 Å². The van der Waals surface area contributed by atoms with E-state index in [9.17, 15) is 19.5 Å². The summed E-state index contributed by atoms with van der Waals surface area (Å²) >= 11 is 0.897. The Bertz CT molecular complexity index is 1820. The van der Waals surface area contributed by atoms with E-state index < -0.39 is 29.5 Å². The number of amides is 1. The summed E-state index contributed by atoms with van der Waals surface area (Å²) in [5.74, 6) is -1.54. The molecule has 0 saturated carbocycles. The molecule has 1 atom stereocenters. The molecular formula is C34H32N2O9S. The van der Waals surface area contributed by atoms with E-state index >= 15 is 0 Å². The highest BCUT2D eigenvalue weighted by molar-refractivity contribution is 7.17. The van der Waals surface area contributed by atoms with Crippen LogP contribution in [0.2, 0.25) is 0 Å². The van der Waals surface area contributed by atoms with Gasteiger partial charge in [-0.25, -0.2) is 9.78 Å². The van der Waals surface area contributed by atoms with Crippen LogP contribution in [0, 0.1) is 13.8 Å². The van der Waals surface area contributed by atoms with Gasteiger partial charge in [0, 0.05) is 5.56 Å². The van der Waals surface area contributed by atoms with E-state index in [2.05, 4.69) is 4.98 Å².